The Morgan fingerprint density at radius 3 is 2.54 bits per heavy atom. The summed E-state index contributed by atoms with van der Waals surface area (Å²) in [6, 6.07) is 5.26. The van der Waals surface area contributed by atoms with E-state index in [1.807, 2.05) is 0 Å². The molecule has 0 aliphatic heterocycles. The molecule has 0 saturated carbocycles. The predicted molar refractivity (Wildman–Crippen MR) is 108 cm³/mol. The van der Waals surface area contributed by atoms with Crippen LogP contribution in [0.2, 0.25) is 0 Å². The van der Waals surface area contributed by atoms with E-state index in [0.717, 1.165) is 24.3 Å². The Kier molecular flexibility index (Phi) is 9.35. The zero-order valence-corrected chi connectivity index (χ0v) is 17.1. The molecule has 0 fully saturated rings. The molecule has 0 saturated heterocycles. The van der Waals surface area contributed by atoms with Crippen molar-refractivity contribution in [1.82, 2.24) is 15.6 Å². The first-order valence-electron chi connectivity index (χ1n) is 7.96. The van der Waals surface area contributed by atoms with Gasteiger partial charge in [0.1, 0.15) is 17.5 Å². The molecular weight excluding hydrogens is 496 g/mol. The van der Waals surface area contributed by atoms with Crippen molar-refractivity contribution >= 4 is 35.8 Å². The summed E-state index contributed by atoms with van der Waals surface area (Å²) in [5.74, 6) is -1.10. The number of guanidine groups is 1. The molecule has 0 radical (unpaired) electrons. The number of aliphatic imine (C=N–C) groups is 1. The SMILES string of the molecule is CN=C(NCCNc1ncccc1C(F)(F)F)NCc1cc(F)ccc1F.I. The summed E-state index contributed by atoms with van der Waals surface area (Å²) in [5.41, 5.74) is -0.728. The van der Waals surface area contributed by atoms with Gasteiger partial charge in [0.25, 0.3) is 0 Å². The fourth-order valence-corrected chi connectivity index (χ4v) is 2.22. The van der Waals surface area contributed by atoms with Crippen molar-refractivity contribution in [3.63, 3.8) is 0 Å². The van der Waals surface area contributed by atoms with Crippen LogP contribution < -0.4 is 16.0 Å². The molecule has 154 valence electrons. The monoisotopic (exact) mass is 515 g/mol. The molecule has 0 spiro atoms. The number of rotatable bonds is 6. The summed E-state index contributed by atoms with van der Waals surface area (Å²) in [4.78, 5) is 7.61. The van der Waals surface area contributed by atoms with Crippen molar-refractivity contribution in [1.29, 1.82) is 0 Å². The lowest BCUT2D eigenvalue weighted by atomic mass is 10.2. The van der Waals surface area contributed by atoms with E-state index in [1.54, 1.807) is 0 Å². The minimum absolute atomic E-state index is 0. The second-order valence-corrected chi connectivity index (χ2v) is 5.41. The van der Waals surface area contributed by atoms with Gasteiger partial charge in [0.2, 0.25) is 0 Å². The van der Waals surface area contributed by atoms with Gasteiger partial charge in [-0.15, -0.1) is 24.0 Å². The van der Waals surface area contributed by atoms with Crippen molar-refractivity contribution in [2.75, 3.05) is 25.5 Å². The third-order valence-electron chi connectivity index (χ3n) is 3.50. The van der Waals surface area contributed by atoms with Gasteiger partial charge in [0.15, 0.2) is 5.96 Å². The van der Waals surface area contributed by atoms with E-state index in [1.165, 1.54) is 19.3 Å². The number of aromatic nitrogens is 1. The number of benzene rings is 1. The Morgan fingerprint density at radius 2 is 1.86 bits per heavy atom. The maximum Gasteiger partial charge on any atom is 0.419 e. The van der Waals surface area contributed by atoms with Crippen LogP contribution in [0.15, 0.2) is 41.5 Å². The van der Waals surface area contributed by atoms with Crippen LogP contribution >= 0.6 is 24.0 Å². The normalized spacial score (nSPS) is 11.6. The Labute approximate surface area is 175 Å². The third kappa shape index (κ3) is 7.09. The van der Waals surface area contributed by atoms with Crippen molar-refractivity contribution in [2.24, 2.45) is 4.99 Å². The topological polar surface area (TPSA) is 61.3 Å². The summed E-state index contributed by atoms with van der Waals surface area (Å²) in [6.45, 7) is 0.351. The quantitative estimate of drug-likeness (QED) is 0.180. The molecule has 0 amide bonds. The molecule has 1 aromatic carbocycles. The molecule has 0 aliphatic carbocycles. The van der Waals surface area contributed by atoms with Crippen LogP contribution in [0.1, 0.15) is 11.1 Å². The van der Waals surface area contributed by atoms with Crippen molar-refractivity contribution in [3.05, 3.63) is 59.3 Å². The number of halogens is 6. The molecule has 2 aromatic rings. The Bertz CT molecular complexity index is 798. The third-order valence-corrected chi connectivity index (χ3v) is 3.50. The Morgan fingerprint density at radius 1 is 1.11 bits per heavy atom. The molecule has 3 N–H and O–H groups in total. The highest BCUT2D eigenvalue weighted by molar-refractivity contribution is 14.0. The fourth-order valence-electron chi connectivity index (χ4n) is 2.22. The lowest BCUT2D eigenvalue weighted by Crippen LogP contribution is -2.39. The highest BCUT2D eigenvalue weighted by Crippen LogP contribution is 2.33. The fraction of sp³-hybridized carbons (Fsp3) is 0.294. The van der Waals surface area contributed by atoms with E-state index in [9.17, 15) is 22.0 Å². The van der Waals surface area contributed by atoms with Crippen LogP contribution in [0, 0.1) is 11.6 Å². The van der Waals surface area contributed by atoms with Crippen LogP contribution in [0.5, 0.6) is 0 Å². The van der Waals surface area contributed by atoms with Crippen molar-refractivity contribution < 1.29 is 22.0 Å². The average molecular weight is 515 g/mol. The predicted octanol–water partition coefficient (Wildman–Crippen LogP) is 3.77. The molecule has 0 unspecified atom stereocenters. The number of hydrogen-bond acceptors (Lipinski definition) is 3. The lowest BCUT2D eigenvalue weighted by molar-refractivity contribution is -0.137. The van der Waals surface area contributed by atoms with Gasteiger partial charge in [0, 0.05) is 38.4 Å². The number of anilines is 1. The lowest BCUT2D eigenvalue weighted by Gasteiger charge is -2.15. The van der Waals surface area contributed by atoms with Crippen LogP contribution in [-0.4, -0.2) is 31.1 Å². The average Bonchev–Trinajstić information content (AvgIpc) is 2.63. The van der Waals surface area contributed by atoms with Gasteiger partial charge in [-0.2, -0.15) is 13.2 Å². The number of nitrogens with zero attached hydrogens (tertiary/aromatic N) is 2. The molecule has 0 aliphatic rings. The summed E-state index contributed by atoms with van der Waals surface area (Å²) in [7, 11) is 1.48. The largest absolute Gasteiger partial charge is 0.419 e. The molecule has 1 heterocycles. The minimum atomic E-state index is -4.50. The molecule has 1 aromatic heterocycles. The highest BCUT2D eigenvalue weighted by atomic mass is 127. The first-order valence-corrected chi connectivity index (χ1v) is 7.96. The first kappa shape index (κ1) is 23.9. The van der Waals surface area contributed by atoms with Crippen LogP contribution in [0.4, 0.5) is 27.8 Å². The molecule has 2 rings (SSSR count). The molecule has 0 atom stereocenters. The Hall–Kier alpha value is -2.18. The molecular formula is C17H19F5IN5. The van der Waals surface area contributed by atoms with Gasteiger partial charge >= 0.3 is 6.18 Å². The minimum Gasteiger partial charge on any atom is -0.368 e. The maximum absolute atomic E-state index is 13.6. The second-order valence-electron chi connectivity index (χ2n) is 5.41. The number of pyridine rings is 1. The van der Waals surface area contributed by atoms with E-state index >= 15 is 0 Å². The molecule has 0 bridgehead atoms. The van der Waals surface area contributed by atoms with Crippen LogP contribution in [0.3, 0.4) is 0 Å². The van der Waals surface area contributed by atoms with Crippen LogP contribution in [-0.2, 0) is 12.7 Å². The number of nitrogens with one attached hydrogen (secondary N) is 3. The first-order chi connectivity index (χ1) is 12.8. The summed E-state index contributed by atoms with van der Waals surface area (Å²) >= 11 is 0. The van der Waals surface area contributed by atoms with Gasteiger partial charge in [-0.05, 0) is 30.3 Å². The maximum atomic E-state index is 13.6. The van der Waals surface area contributed by atoms with Crippen LogP contribution in [0.25, 0.3) is 0 Å². The summed E-state index contributed by atoms with van der Waals surface area (Å²) < 4.78 is 65.4. The summed E-state index contributed by atoms with van der Waals surface area (Å²) in [6.07, 6.45) is -3.24. The summed E-state index contributed by atoms with van der Waals surface area (Å²) in [5, 5.41) is 8.25. The van der Waals surface area contributed by atoms with Gasteiger partial charge < -0.3 is 16.0 Å². The highest BCUT2D eigenvalue weighted by Gasteiger charge is 2.33. The number of alkyl halides is 3. The second kappa shape index (κ2) is 11.0. The van der Waals surface area contributed by atoms with Gasteiger partial charge in [-0.25, -0.2) is 13.8 Å². The van der Waals surface area contributed by atoms with E-state index < -0.39 is 23.4 Å². The van der Waals surface area contributed by atoms with Crippen molar-refractivity contribution in [2.45, 2.75) is 12.7 Å². The van der Waals surface area contributed by atoms with E-state index in [4.69, 9.17) is 0 Å². The molecule has 28 heavy (non-hydrogen) atoms. The molecule has 11 heteroatoms. The van der Waals surface area contributed by atoms with Gasteiger partial charge in [0.05, 0.1) is 5.56 Å². The standard InChI is InChI=1S/C17H18F5N5.HI/c1-23-16(27-10-11-9-12(18)4-5-14(11)19)26-8-7-25-15-13(17(20,21)22)3-2-6-24-15;/h2-6,9H,7-8,10H2,1H3,(H,24,25)(H2,23,26,27);1H. The molecule has 5 nitrogen and oxygen atoms in total. The van der Waals surface area contributed by atoms with Gasteiger partial charge in [-0.3, -0.25) is 4.99 Å². The van der Waals surface area contributed by atoms with Crippen molar-refractivity contribution in [3.8, 4) is 0 Å². The Balaban J connectivity index is 0.00000392. The van der Waals surface area contributed by atoms with E-state index in [2.05, 4.69) is 25.9 Å². The zero-order valence-electron chi connectivity index (χ0n) is 14.8. The smallest absolute Gasteiger partial charge is 0.368 e. The number of hydrogen-bond donors (Lipinski definition) is 3. The van der Waals surface area contributed by atoms with Gasteiger partial charge in [-0.1, -0.05) is 0 Å². The van der Waals surface area contributed by atoms with E-state index in [0.29, 0.717) is 0 Å². The zero-order chi connectivity index (χ0) is 19.9. The van der Waals surface area contributed by atoms with E-state index in [-0.39, 0.29) is 61.0 Å².